The van der Waals surface area contributed by atoms with Crippen LogP contribution < -0.4 is 9.47 Å². The third-order valence-electron chi connectivity index (χ3n) is 4.62. The van der Waals surface area contributed by atoms with Crippen molar-refractivity contribution in [1.29, 1.82) is 0 Å². The number of Topliss-reactive ketones (excluding diaryl/α,β-unsaturated/α-hetero) is 1. The standard InChI is InChI=1S/C22H25FN2O3/c1-14-7-8-17(13-24-14)27-9-10-28-22-11-19-18(6-4-5-15(2)26)16(3)25-21(19)12-20(22)23/h7-8,11-13,25H,4-6,9-10H2,1-3H3. The van der Waals surface area contributed by atoms with Gasteiger partial charge in [-0.05, 0) is 57.4 Å². The number of pyridine rings is 1. The smallest absolute Gasteiger partial charge is 0.167 e. The lowest BCUT2D eigenvalue weighted by Crippen LogP contribution is -2.10. The maximum atomic E-state index is 14.4. The molecule has 3 rings (SSSR count). The normalized spacial score (nSPS) is 11.0. The summed E-state index contributed by atoms with van der Waals surface area (Å²) < 4.78 is 25.5. The molecule has 0 fully saturated rings. The molecule has 0 unspecified atom stereocenters. The number of H-pyrrole nitrogens is 1. The van der Waals surface area contributed by atoms with E-state index in [-0.39, 0.29) is 18.1 Å². The van der Waals surface area contributed by atoms with Gasteiger partial charge in [-0.15, -0.1) is 0 Å². The summed E-state index contributed by atoms with van der Waals surface area (Å²) in [6.07, 6.45) is 3.73. The Balaban J connectivity index is 1.65. The molecule has 2 heterocycles. The number of rotatable bonds is 9. The topological polar surface area (TPSA) is 64.2 Å². The Morgan fingerprint density at radius 3 is 2.68 bits per heavy atom. The number of ketones is 1. The van der Waals surface area contributed by atoms with Crippen LogP contribution in [0, 0.1) is 19.7 Å². The highest BCUT2D eigenvalue weighted by molar-refractivity contribution is 5.86. The fourth-order valence-corrected chi connectivity index (χ4v) is 3.18. The number of aryl methyl sites for hydroxylation is 3. The molecule has 0 aliphatic rings. The highest BCUT2D eigenvalue weighted by Crippen LogP contribution is 2.30. The van der Waals surface area contributed by atoms with Gasteiger partial charge < -0.3 is 19.3 Å². The number of fused-ring (bicyclic) bond motifs is 1. The highest BCUT2D eigenvalue weighted by Gasteiger charge is 2.13. The first-order valence-electron chi connectivity index (χ1n) is 9.42. The van der Waals surface area contributed by atoms with Crippen LogP contribution in [0.25, 0.3) is 10.9 Å². The molecule has 28 heavy (non-hydrogen) atoms. The number of hydrogen-bond acceptors (Lipinski definition) is 4. The first kappa shape index (κ1) is 19.9. The van der Waals surface area contributed by atoms with E-state index >= 15 is 0 Å². The van der Waals surface area contributed by atoms with E-state index in [0.717, 1.165) is 40.7 Å². The molecule has 148 valence electrons. The molecule has 0 atom stereocenters. The van der Waals surface area contributed by atoms with E-state index in [0.29, 0.717) is 18.8 Å². The van der Waals surface area contributed by atoms with Crippen LogP contribution in [0.3, 0.4) is 0 Å². The molecule has 0 amide bonds. The lowest BCUT2D eigenvalue weighted by Gasteiger charge is -2.10. The molecule has 6 heteroatoms. The van der Waals surface area contributed by atoms with Crippen molar-refractivity contribution in [3.8, 4) is 11.5 Å². The van der Waals surface area contributed by atoms with Gasteiger partial charge in [0.05, 0.1) is 6.20 Å². The molecule has 5 nitrogen and oxygen atoms in total. The predicted molar refractivity (Wildman–Crippen MR) is 107 cm³/mol. The molecular formula is C22H25FN2O3. The van der Waals surface area contributed by atoms with Gasteiger partial charge in [0.25, 0.3) is 0 Å². The van der Waals surface area contributed by atoms with Crippen molar-refractivity contribution in [2.24, 2.45) is 0 Å². The van der Waals surface area contributed by atoms with Gasteiger partial charge in [-0.2, -0.15) is 0 Å². The van der Waals surface area contributed by atoms with Gasteiger partial charge in [0.15, 0.2) is 11.6 Å². The van der Waals surface area contributed by atoms with E-state index in [1.807, 2.05) is 26.0 Å². The Labute approximate surface area is 163 Å². The molecule has 2 aromatic heterocycles. The van der Waals surface area contributed by atoms with Crippen molar-refractivity contribution in [1.82, 2.24) is 9.97 Å². The summed E-state index contributed by atoms with van der Waals surface area (Å²) in [6, 6.07) is 6.89. The average Bonchev–Trinajstić information content (AvgIpc) is 2.94. The van der Waals surface area contributed by atoms with Gasteiger partial charge in [-0.25, -0.2) is 4.39 Å². The van der Waals surface area contributed by atoms with Crippen LogP contribution in [-0.4, -0.2) is 29.0 Å². The van der Waals surface area contributed by atoms with Crippen LogP contribution in [0.4, 0.5) is 4.39 Å². The van der Waals surface area contributed by atoms with E-state index in [9.17, 15) is 9.18 Å². The molecular weight excluding hydrogens is 359 g/mol. The molecule has 0 spiro atoms. The largest absolute Gasteiger partial charge is 0.488 e. The molecule has 0 radical (unpaired) electrons. The zero-order valence-electron chi connectivity index (χ0n) is 16.5. The van der Waals surface area contributed by atoms with Crippen molar-refractivity contribution in [3.63, 3.8) is 0 Å². The fourth-order valence-electron chi connectivity index (χ4n) is 3.18. The van der Waals surface area contributed by atoms with Gasteiger partial charge >= 0.3 is 0 Å². The first-order valence-corrected chi connectivity index (χ1v) is 9.42. The Morgan fingerprint density at radius 1 is 1.18 bits per heavy atom. The minimum Gasteiger partial charge on any atom is -0.488 e. The molecule has 1 N–H and O–H groups in total. The van der Waals surface area contributed by atoms with Crippen LogP contribution in [0.1, 0.15) is 36.7 Å². The second-order valence-corrected chi connectivity index (χ2v) is 6.94. The third kappa shape index (κ3) is 4.88. The van der Waals surface area contributed by atoms with Gasteiger partial charge in [-0.1, -0.05) is 0 Å². The Hall–Kier alpha value is -2.89. The summed E-state index contributed by atoms with van der Waals surface area (Å²) in [5.41, 5.74) is 3.75. The van der Waals surface area contributed by atoms with Crippen LogP contribution in [0.2, 0.25) is 0 Å². The van der Waals surface area contributed by atoms with Gasteiger partial charge in [0.2, 0.25) is 0 Å². The van der Waals surface area contributed by atoms with E-state index in [2.05, 4.69) is 9.97 Å². The Morgan fingerprint density at radius 2 is 1.96 bits per heavy atom. The number of aromatic amines is 1. The Kier molecular flexibility index (Phi) is 6.29. The van der Waals surface area contributed by atoms with Gasteiger partial charge in [-0.3, -0.25) is 4.98 Å². The van der Waals surface area contributed by atoms with Crippen LogP contribution >= 0.6 is 0 Å². The van der Waals surface area contributed by atoms with E-state index in [4.69, 9.17) is 9.47 Å². The van der Waals surface area contributed by atoms with Gasteiger partial charge in [0, 0.05) is 34.8 Å². The van der Waals surface area contributed by atoms with E-state index in [1.54, 1.807) is 19.2 Å². The number of nitrogens with one attached hydrogen (secondary N) is 1. The van der Waals surface area contributed by atoms with Gasteiger partial charge in [0.1, 0.15) is 24.7 Å². The number of hydrogen-bond donors (Lipinski definition) is 1. The molecule has 0 saturated heterocycles. The van der Waals surface area contributed by atoms with Crippen molar-refractivity contribution in [2.45, 2.75) is 40.0 Å². The number of halogens is 1. The highest BCUT2D eigenvalue weighted by atomic mass is 19.1. The second kappa shape index (κ2) is 8.87. The maximum absolute atomic E-state index is 14.4. The quantitative estimate of drug-likeness (QED) is 0.544. The molecule has 1 aromatic carbocycles. The first-order chi connectivity index (χ1) is 13.4. The zero-order valence-corrected chi connectivity index (χ0v) is 16.5. The lowest BCUT2D eigenvalue weighted by molar-refractivity contribution is -0.117. The second-order valence-electron chi connectivity index (χ2n) is 6.94. The van der Waals surface area contributed by atoms with Crippen LogP contribution in [0.5, 0.6) is 11.5 Å². The van der Waals surface area contributed by atoms with Crippen molar-refractivity contribution < 1.29 is 18.7 Å². The SMILES string of the molecule is CC(=O)CCCc1c(C)[nH]c2cc(F)c(OCCOc3ccc(C)nc3)cc12. The van der Waals surface area contributed by atoms with Crippen molar-refractivity contribution >= 4 is 16.7 Å². The maximum Gasteiger partial charge on any atom is 0.167 e. The van der Waals surface area contributed by atoms with E-state index < -0.39 is 5.82 Å². The number of aromatic nitrogens is 2. The summed E-state index contributed by atoms with van der Waals surface area (Å²) in [6.45, 7) is 5.98. The molecule has 0 saturated carbocycles. The number of carbonyl (C=O) groups is 1. The van der Waals surface area contributed by atoms with Crippen molar-refractivity contribution in [2.75, 3.05) is 13.2 Å². The minimum absolute atomic E-state index is 0.177. The van der Waals surface area contributed by atoms with Crippen LogP contribution in [0.15, 0.2) is 30.5 Å². The summed E-state index contributed by atoms with van der Waals surface area (Å²) in [5, 5.41) is 0.932. The summed E-state index contributed by atoms with van der Waals surface area (Å²) in [7, 11) is 0. The summed E-state index contributed by atoms with van der Waals surface area (Å²) >= 11 is 0. The molecule has 0 aliphatic heterocycles. The van der Waals surface area contributed by atoms with Crippen molar-refractivity contribution in [3.05, 3.63) is 53.2 Å². The summed E-state index contributed by atoms with van der Waals surface area (Å²) in [5.74, 6) is 0.612. The molecule has 3 aromatic rings. The zero-order chi connectivity index (χ0) is 20.1. The minimum atomic E-state index is -0.416. The van der Waals surface area contributed by atoms with E-state index in [1.165, 1.54) is 6.07 Å². The number of carbonyl (C=O) groups excluding carboxylic acids is 1. The number of nitrogens with zero attached hydrogens (tertiary/aromatic N) is 1. The number of ether oxygens (including phenoxy) is 2. The fraction of sp³-hybridized carbons (Fsp3) is 0.364. The molecule has 0 aliphatic carbocycles. The Bertz CT molecular complexity index is 964. The lowest BCUT2D eigenvalue weighted by atomic mass is 10.0. The predicted octanol–water partition coefficient (Wildman–Crippen LogP) is 4.69. The van der Waals surface area contributed by atoms with Crippen LogP contribution in [-0.2, 0) is 11.2 Å². The third-order valence-corrected chi connectivity index (χ3v) is 4.62. The summed E-state index contributed by atoms with van der Waals surface area (Å²) in [4.78, 5) is 18.6. The average molecular weight is 384 g/mol. The number of benzene rings is 1. The molecule has 0 bridgehead atoms. The monoisotopic (exact) mass is 384 g/mol.